The van der Waals surface area contributed by atoms with Crippen LogP contribution in [0.25, 0.3) is 0 Å². The van der Waals surface area contributed by atoms with Crippen LogP contribution in [-0.2, 0) is 0 Å². The van der Waals surface area contributed by atoms with Crippen molar-refractivity contribution in [2.75, 3.05) is 12.4 Å². The number of hydrogen-bond acceptors (Lipinski definition) is 2. The number of anilines is 1. The van der Waals surface area contributed by atoms with E-state index >= 15 is 0 Å². The minimum atomic E-state index is 0.0379. The van der Waals surface area contributed by atoms with Gasteiger partial charge in [-0.2, -0.15) is 0 Å². The van der Waals surface area contributed by atoms with E-state index in [4.69, 9.17) is 22.8 Å². The Balaban J connectivity index is 2.83. The van der Waals surface area contributed by atoms with Crippen LogP contribution in [0.1, 0.15) is 13.3 Å². The minimum absolute atomic E-state index is 0.0379. The summed E-state index contributed by atoms with van der Waals surface area (Å²) in [7, 11) is 1.59. The second kappa shape index (κ2) is 5.53. The number of terminal acetylenes is 1. The van der Waals surface area contributed by atoms with Gasteiger partial charge in [0.2, 0.25) is 0 Å². The zero-order chi connectivity index (χ0) is 11.3. The highest BCUT2D eigenvalue weighted by Crippen LogP contribution is 2.27. The first-order chi connectivity index (χ1) is 7.21. The average Bonchev–Trinajstić information content (AvgIpc) is 2.28. The first kappa shape index (κ1) is 11.7. The van der Waals surface area contributed by atoms with Gasteiger partial charge in [-0.05, 0) is 18.6 Å². The molecule has 0 amide bonds. The molecule has 0 spiro atoms. The number of methoxy groups -OCH3 is 1. The number of benzene rings is 1. The SMILES string of the molecule is C#CC(CC)Nc1ccc(Cl)c(OC)c1. The van der Waals surface area contributed by atoms with Crippen molar-refractivity contribution < 1.29 is 4.74 Å². The molecule has 0 aromatic heterocycles. The number of hydrogen-bond donors (Lipinski definition) is 1. The standard InChI is InChI=1S/C12H14ClNO/c1-4-9(5-2)14-10-6-7-11(13)12(8-10)15-3/h1,6-9,14H,5H2,2-3H3. The molecule has 3 heteroatoms. The van der Waals surface area contributed by atoms with Gasteiger partial charge in [-0.1, -0.05) is 24.4 Å². The van der Waals surface area contributed by atoms with Gasteiger partial charge < -0.3 is 10.1 Å². The quantitative estimate of drug-likeness (QED) is 0.792. The summed E-state index contributed by atoms with van der Waals surface area (Å²) in [5.74, 6) is 3.31. The van der Waals surface area contributed by atoms with E-state index in [-0.39, 0.29) is 6.04 Å². The van der Waals surface area contributed by atoms with E-state index < -0.39 is 0 Å². The Kier molecular flexibility index (Phi) is 4.33. The third-order valence-corrected chi connectivity index (χ3v) is 2.41. The Morgan fingerprint density at radius 1 is 1.60 bits per heavy atom. The van der Waals surface area contributed by atoms with Gasteiger partial charge >= 0.3 is 0 Å². The summed E-state index contributed by atoms with van der Waals surface area (Å²) < 4.78 is 5.11. The van der Waals surface area contributed by atoms with Crippen LogP contribution >= 0.6 is 11.6 Å². The molecule has 2 nitrogen and oxygen atoms in total. The molecular weight excluding hydrogens is 210 g/mol. The molecule has 0 bridgehead atoms. The molecule has 1 N–H and O–H groups in total. The Bertz CT molecular complexity index is 370. The molecule has 1 rings (SSSR count). The van der Waals surface area contributed by atoms with Crippen molar-refractivity contribution in [1.82, 2.24) is 0 Å². The lowest BCUT2D eigenvalue weighted by molar-refractivity contribution is 0.415. The lowest BCUT2D eigenvalue weighted by atomic mass is 10.2. The van der Waals surface area contributed by atoms with E-state index in [9.17, 15) is 0 Å². The average molecular weight is 224 g/mol. The van der Waals surface area contributed by atoms with Gasteiger partial charge in [0.25, 0.3) is 0 Å². The number of nitrogens with one attached hydrogen (secondary N) is 1. The molecule has 0 aliphatic heterocycles. The first-order valence-corrected chi connectivity index (χ1v) is 5.15. The predicted molar refractivity (Wildman–Crippen MR) is 64.5 cm³/mol. The van der Waals surface area contributed by atoms with Gasteiger partial charge in [0.15, 0.2) is 0 Å². The lowest BCUT2D eigenvalue weighted by Gasteiger charge is -2.13. The maximum atomic E-state index is 5.91. The van der Waals surface area contributed by atoms with Gasteiger partial charge in [0.05, 0.1) is 18.2 Å². The predicted octanol–water partition coefficient (Wildman–Crippen LogP) is 3.17. The fraction of sp³-hybridized carbons (Fsp3) is 0.333. The van der Waals surface area contributed by atoms with Crippen molar-refractivity contribution in [3.8, 4) is 18.1 Å². The van der Waals surface area contributed by atoms with Crippen molar-refractivity contribution >= 4 is 17.3 Å². The van der Waals surface area contributed by atoms with Crippen LogP contribution in [0.15, 0.2) is 18.2 Å². The second-order valence-corrected chi connectivity index (χ2v) is 3.53. The maximum absolute atomic E-state index is 5.91. The molecule has 15 heavy (non-hydrogen) atoms. The summed E-state index contributed by atoms with van der Waals surface area (Å²) in [6, 6.07) is 5.54. The van der Waals surface area contributed by atoms with E-state index in [1.165, 1.54) is 0 Å². The summed E-state index contributed by atoms with van der Waals surface area (Å²) in [5.41, 5.74) is 0.918. The topological polar surface area (TPSA) is 21.3 Å². The Labute approximate surface area is 95.6 Å². The molecule has 1 aromatic rings. The molecule has 0 aliphatic rings. The van der Waals surface area contributed by atoms with Gasteiger partial charge in [0, 0.05) is 11.8 Å². The fourth-order valence-electron chi connectivity index (χ4n) is 1.21. The van der Waals surface area contributed by atoms with Crippen molar-refractivity contribution in [1.29, 1.82) is 0 Å². The number of ether oxygens (including phenoxy) is 1. The molecule has 0 fully saturated rings. The molecule has 1 unspecified atom stereocenters. The summed E-state index contributed by atoms with van der Waals surface area (Å²) in [4.78, 5) is 0. The molecule has 0 radical (unpaired) electrons. The van der Waals surface area contributed by atoms with E-state index in [1.807, 2.05) is 19.1 Å². The van der Waals surface area contributed by atoms with Crippen LogP contribution in [0.3, 0.4) is 0 Å². The second-order valence-electron chi connectivity index (χ2n) is 3.12. The third-order valence-electron chi connectivity index (χ3n) is 2.10. The minimum Gasteiger partial charge on any atom is -0.495 e. The van der Waals surface area contributed by atoms with E-state index in [1.54, 1.807) is 13.2 Å². The summed E-state index contributed by atoms with van der Waals surface area (Å²) in [5, 5.41) is 3.80. The smallest absolute Gasteiger partial charge is 0.139 e. The zero-order valence-corrected chi connectivity index (χ0v) is 9.64. The molecule has 0 saturated carbocycles. The first-order valence-electron chi connectivity index (χ1n) is 4.77. The fourth-order valence-corrected chi connectivity index (χ4v) is 1.41. The van der Waals surface area contributed by atoms with Crippen LogP contribution in [0, 0.1) is 12.3 Å². The van der Waals surface area contributed by atoms with Crippen molar-refractivity contribution in [3.63, 3.8) is 0 Å². The van der Waals surface area contributed by atoms with E-state index in [2.05, 4.69) is 11.2 Å². The molecular formula is C12H14ClNO. The normalized spacial score (nSPS) is 11.6. The lowest BCUT2D eigenvalue weighted by Crippen LogP contribution is -2.15. The van der Waals surface area contributed by atoms with E-state index in [0.717, 1.165) is 12.1 Å². The monoisotopic (exact) mass is 223 g/mol. The van der Waals surface area contributed by atoms with Crippen LogP contribution in [0.2, 0.25) is 5.02 Å². The van der Waals surface area contributed by atoms with Crippen LogP contribution in [0.5, 0.6) is 5.75 Å². The number of halogens is 1. The molecule has 1 aromatic carbocycles. The molecule has 0 aliphatic carbocycles. The highest BCUT2D eigenvalue weighted by molar-refractivity contribution is 6.32. The van der Waals surface area contributed by atoms with Crippen molar-refractivity contribution in [2.24, 2.45) is 0 Å². The van der Waals surface area contributed by atoms with Crippen molar-refractivity contribution in [2.45, 2.75) is 19.4 Å². The van der Waals surface area contributed by atoms with Crippen molar-refractivity contribution in [3.05, 3.63) is 23.2 Å². The zero-order valence-electron chi connectivity index (χ0n) is 8.88. The molecule has 0 heterocycles. The van der Waals surface area contributed by atoms with Gasteiger partial charge in [-0.15, -0.1) is 6.42 Å². The summed E-state index contributed by atoms with van der Waals surface area (Å²) >= 11 is 5.91. The Hall–Kier alpha value is -1.33. The Morgan fingerprint density at radius 3 is 2.87 bits per heavy atom. The van der Waals surface area contributed by atoms with Gasteiger partial charge in [-0.25, -0.2) is 0 Å². The van der Waals surface area contributed by atoms with Crippen LogP contribution < -0.4 is 10.1 Å². The van der Waals surface area contributed by atoms with Crippen LogP contribution in [0.4, 0.5) is 5.69 Å². The number of rotatable bonds is 4. The van der Waals surface area contributed by atoms with Crippen LogP contribution in [-0.4, -0.2) is 13.2 Å². The van der Waals surface area contributed by atoms with Gasteiger partial charge in [0.1, 0.15) is 5.75 Å². The van der Waals surface area contributed by atoms with Gasteiger partial charge in [-0.3, -0.25) is 0 Å². The summed E-state index contributed by atoms with van der Waals surface area (Å²) in [6.07, 6.45) is 6.24. The third kappa shape index (κ3) is 3.07. The molecule has 80 valence electrons. The largest absolute Gasteiger partial charge is 0.495 e. The maximum Gasteiger partial charge on any atom is 0.139 e. The summed E-state index contributed by atoms with van der Waals surface area (Å²) in [6.45, 7) is 2.03. The molecule has 0 saturated heterocycles. The van der Waals surface area contributed by atoms with E-state index in [0.29, 0.717) is 10.8 Å². The highest BCUT2D eigenvalue weighted by atomic mass is 35.5. The Morgan fingerprint density at radius 2 is 2.33 bits per heavy atom. The molecule has 1 atom stereocenters. The highest BCUT2D eigenvalue weighted by Gasteiger charge is 2.05.